The minimum Gasteiger partial charge on any atom is -0.396 e. The van der Waals surface area contributed by atoms with Gasteiger partial charge >= 0.3 is 6.03 Å². The summed E-state index contributed by atoms with van der Waals surface area (Å²) in [5, 5.41) is 14.5. The number of benzene rings is 1. The van der Waals surface area contributed by atoms with Crippen molar-refractivity contribution in [2.45, 2.75) is 18.9 Å². The number of aliphatic hydroxyl groups is 1. The summed E-state index contributed by atoms with van der Waals surface area (Å²) in [6.45, 7) is 2.17. The van der Waals surface area contributed by atoms with Gasteiger partial charge in [0.25, 0.3) is 0 Å². The molecule has 0 radical (unpaired) electrons. The average molecular weight is 252 g/mol. The molecule has 0 aliphatic heterocycles. The van der Waals surface area contributed by atoms with Crippen molar-refractivity contribution < 1.29 is 14.6 Å². The standard InChI is InChI=1S/C13H20N2O3/c1-13(8-9-16,10-18-2)15-12(17)14-11-6-4-3-5-7-11/h3-7,16H,8-10H2,1-2H3,(H2,14,15,17). The van der Waals surface area contributed by atoms with E-state index in [1.54, 1.807) is 19.2 Å². The third-order valence-electron chi connectivity index (χ3n) is 2.57. The van der Waals surface area contributed by atoms with Gasteiger partial charge in [-0.3, -0.25) is 0 Å². The first-order valence-electron chi connectivity index (χ1n) is 5.84. The lowest BCUT2D eigenvalue weighted by Crippen LogP contribution is -2.51. The number of urea groups is 1. The number of carbonyl (C=O) groups excluding carboxylic acids is 1. The number of carbonyl (C=O) groups is 1. The number of anilines is 1. The Morgan fingerprint density at radius 3 is 2.61 bits per heavy atom. The number of ether oxygens (including phenoxy) is 1. The summed E-state index contributed by atoms with van der Waals surface area (Å²) in [5.74, 6) is 0. The second-order valence-electron chi connectivity index (χ2n) is 4.41. The van der Waals surface area contributed by atoms with E-state index in [2.05, 4.69) is 10.6 Å². The number of aliphatic hydroxyl groups excluding tert-OH is 1. The Morgan fingerprint density at radius 1 is 1.39 bits per heavy atom. The molecule has 100 valence electrons. The van der Waals surface area contributed by atoms with Crippen LogP contribution < -0.4 is 10.6 Å². The zero-order valence-corrected chi connectivity index (χ0v) is 10.8. The van der Waals surface area contributed by atoms with Crippen LogP contribution in [-0.4, -0.2) is 37.0 Å². The van der Waals surface area contributed by atoms with Crippen molar-refractivity contribution >= 4 is 11.7 Å². The maximum Gasteiger partial charge on any atom is 0.319 e. The van der Waals surface area contributed by atoms with E-state index in [-0.39, 0.29) is 12.6 Å². The molecule has 0 heterocycles. The zero-order valence-electron chi connectivity index (χ0n) is 10.8. The molecule has 5 nitrogen and oxygen atoms in total. The second-order valence-corrected chi connectivity index (χ2v) is 4.41. The molecule has 1 atom stereocenters. The highest BCUT2D eigenvalue weighted by atomic mass is 16.5. The number of hydrogen-bond acceptors (Lipinski definition) is 3. The van der Waals surface area contributed by atoms with Crippen molar-refractivity contribution in [1.82, 2.24) is 5.32 Å². The molecule has 1 aromatic rings. The molecule has 5 heteroatoms. The zero-order chi connectivity index (χ0) is 13.4. The second kappa shape index (κ2) is 6.98. The Kier molecular flexibility index (Phi) is 5.61. The molecule has 18 heavy (non-hydrogen) atoms. The van der Waals surface area contributed by atoms with E-state index >= 15 is 0 Å². The quantitative estimate of drug-likeness (QED) is 0.720. The fourth-order valence-corrected chi connectivity index (χ4v) is 1.69. The predicted molar refractivity (Wildman–Crippen MR) is 70.6 cm³/mol. The normalized spacial score (nSPS) is 13.7. The first-order chi connectivity index (χ1) is 8.59. The Balaban J connectivity index is 2.56. The van der Waals surface area contributed by atoms with Crippen molar-refractivity contribution in [3.63, 3.8) is 0 Å². The number of amides is 2. The summed E-state index contributed by atoms with van der Waals surface area (Å²) in [6, 6.07) is 8.87. The third kappa shape index (κ3) is 4.73. The molecule has 0 saturated carbocycles. The van der Waals surface area contributed by atoms with Crippen molar-refractivity contribution in [2.75, 3.05) is 25.6 Å². The first kappa shape index (κ1) is 14.5. The van der Waals surface area contributed by atoms with Crippen LogP contribution in [0.1, 0.15) is 13.3 Å². The van der Waals surface area contributed by atoms with Gasteiger partial charge in [-0.05, 0) is 25.5 Å². The Morgan fingerprint density at radius 2 is 2.06 bits per heavy atom. The van der Waals surface area contributed by atoms with E-state index < -0.39 is 5.54 Å². The summed E-state index contributed by atoms with van der Waals surface area (Å²) in [4.78, 5) is 11.8. The van der Waals surface area contributed by atoms with E-state index in [0.29, 0.717) is 13.0 Å². The first-order valence-corrected chi connectivity index (χ1v) is 5.84. The van der Waals surface area contributed by atoms with E-state index in [1.807, 2.05) is 25.1 Å². The van der Waals surface area contributed by atoms with Gasteiger partial charge in [0.05, 0.1) is 12.1 Å². The molecule has 0 saturated heterocycles. The van der Waals surface area contributed by atoms with Gasteiger partial charge in [-0.25, -0.2) is 4.79 Å². The molecule has 0 aliphatic carbocycles. The van der Waals surface area contributed by atoms with Gasteiger partial charge in [-0.15, -0.1) is 0 Å². The maximum absolute atomic E-state index is 11.8. The lowest BCUT2D eigenvalue weighted by atomic mass is 10.00. The number of rotatable bonds is 6. The highest BCUT2D eigenvalue weighted by Gasteiger charge is 2.25. The van der Waals surface area contributed by atoms with E-state index in [0.717, 1.165) is 5.69 Å². The molecular formula is C13H20N2O3. The summed E-state index contributed by atoms with van der Waals surface area (Å²) in [7, 11) is 1.56. The lowest BCUT2D eigenvalue weighted by Gasteiger charge is -2.29. The van der Waals surface area contributed by atoms with Gasteiger partial charge < -0.3 is 20.5 Å². The van der Waals surface area contributed by atoms with Gasteiger partial charge in [-0.1, -0.05) is 18.2 Å². The van der Waals surface area contributed by atoms with E-state index in [1.165, 1.54) is 0 Å². The van der Waals surface area contributed by atoms with Crippen LogP contribution in [-0.2, 0) is 4.74 Å². The molecule has 2 amide bonds. The SMILES string of the molecule is COCC(C)(CCO)NC(=O)Nc1ccccc1. The fourth-order valence-electron chi connectivity index (χ4n) is 1.69. The Hall–Kier alpha value is -1.59. The van der Waals surface area contributed by atoms with Crippen LogP contribution >= 0.6 is 0 Å². The third-order valence-corrected chi connectivity index (χ3v) is 2.57. The van der Waals surface area contributed by atoms with Crippen LogP contribution in [0.4, 0.5) is 10.5 Å². The van der Waals surface area contributed by atoms with Gasteiger partial charge in [0.2, 0.25) is 0 Å². The highest BCUT2D eigenvalue weighted by Crippen LogP contribution is 2.11. The molecular weight excluding hydrogens is 232 g/mol. The molecule has 1 aromatic carbocycles. The minimum absolute atomic E-state index is 0.00846. The summed E-state index contributed by atoms with van der Waals surface area (Å²) in [6.07, 6.45) is 0.434. The summed E-state index contributed by atoms with van der Waals surface area (Å²) >= 11 is 0. The summed E-state index contributed by atoms with van der Waals surface area (Å²) < 4.78 is 5.06. The van der Waals surface area contributed by atoms with Gasteiger partial charge in [0, 0.05) is 19.4 Å². The predicted octanol–water partition coefficient (Wildman–Crippen LogP) is 1.60. The van der Waals surface area contributed by atoms with Crippen molar-refractivity contribution in [1.29, 1.82) is 0 Å². The highest BCUT2D eigenvalue weighted by molar-refractivity contribution is 5.89. The van der Waals surface area contributed by atoms with Crippen molar-refractivity contribution in [3.8, 4) is 0 Å². The minimum atomic E-state index is -0.581. The van der Waals surface area contributed by atoms with Crippen molar-refractivity contribution in [2.24, 2.45) is 0 Å². The largest absolute Gasteiger partial charge is 0.396 e. The fraction of sp³-hybridized carbons (Fsp3) is 0.462. The molecule has 0 aliphatic rings. The number of nitrogens with one attached hydrogen (secondary N) is 2. The van der Waals surface area contributed by atoms with Gasteiger partial charge in [0.15, 0.2) is 0 Å². The molecule has 0 fully saturated rings. The smallest absolute Gasteiger partial charge is 0.319 e. The lowest BCUT2D eigenvalue weighted by molar-refractivity contribution is 0.104. The monoisotopic (exact) mass is 252 g/mol. The Bertz CT molecular complexity index is 362. The molecule has 0 spiro atoms. The molecule has 1 unspecified atom stereocenters. The number of para-hydroxylation sites is 1. The number of hydrogen-bond donors (Lipinski definition) is 3. The molecule has 1 rings (SSSR count). The van der Waals surface area contributed by atoms with E-state index in [4.69, 9.17) is 9.84 Å². The van der Waals surface area contributed by atoms with Gasteiger partial charge in [-0.2, -0.15) is 0 Å². The molecule has 0 aromatic heterocycles. The topological polar surface area (TPSA) is 70.6 Å². The van der Waals surface area contributed by atoms with Crippen LogP contribution in [0.25, 0.3) is 0 Å². The van der Waals surface area contributed by atoms with Crippen LogP contribution in [0.2, 0.25) is 0 Å². The molecule has 0 bridgehead atoms. The van der Waals surface area contributed by atoms with Gasteiger partial charge in [0.1, 0.15) is 0 Å². The average Bonchev–Trinajstić information content (AvgIpc) is 2.30. The van der Waals surface area contributed by atoms with Crippen LogP contribution in [0, 0.1) is 0 Å². The van der Waals surface area contributed by atoms with E-state index in [9.17, 15) is 4.79 Å². The summed E-state index contributed by atoms with van der Waals surface area (Å²) in [5.41, 5.74) is 0.140. The maximum atomic E-state index is 11.8. The van der Waals surface area contributed by atoms with Crippen molar-refractivity contribution in [3.05, 3.63) is 30.3 Å². The number of methoxy groups -OCH3 is 1. The van der Waals surface area contributed by atoms with Crippen LogP contribution in [0.3, 0.4) is 0 Å². The van der Waals surface area contributed by atoms with Crippen LogP contribution in [0.5, 0.6) is 0 Å². The Labute approximate surface area is 107 Å². The van der Waals surface area contributed by atoms with Crippen LogP contribution in [0.15, 0.2) is 30.3 Å². The molecule has 3 N–H and O–H groups in total.